The molecular weight excluding hydrogens is 1570 g/mol. The molecule has 14 atom stereocenters. The van der Waals surface area contributed by atoms with Crippen molar-refractivity contribution in [1.82, 2.24) is 74.1 Å². The average molecular weight is 1680 g/mol. The van der Waals surface area contributed by atoms with Crippen LogP contribution >= 0.6 is 0 Å². The molecule has 1 aromatic heterocycles. The molecule has 0 spiro atoms. The monoisotopic (exact) mass is 1680 g/mol. The molecule has 3 aromatic rings. The van der Waals surface area contributed by atoms with Gasteiger partial charge in [0.15, 0.2) is 5.78 Å². The van der Waals surface area contributed by atoms with Crippen molar-refractivity contribution >= 4 is 135 Å². The number of primary amides is 1. The van der Waals surface area contributed by atoms with Crippen molar-refractivity contribution in [2.24, 2.45) is 17.4 Å². The number of aliphatic carboxylic acids is 4. The van der Waals surface area contributed by atoms with Crippen LogP contribution < -0.4 is 86.3 Å². The number of unbranched alkanes of at least 4 members (excludes halogenated alkanes) is 7. The summed E-state index contributed by atoms with van der Waals surface area (Å²) in [5.41, 5.74) is 18.0. The lowest BCUT2D eigenvalue weighted by Gasteiger charge is -2.30. The SMILES string of the molecule is CCCCCCCCCCC(O)CC(=O)NC(Cc1c[nH]c2ccccc12)C(=O)NC(CC(N)=O)C(=O)NC(CC(=O)O)C(=O)NC1C(=O)NCC(=O)NC(CCCN)C(=O)NC(CC(=O)O)C(=O)NC(C)C(=O)NC(CC(=O)O)C(=O)NCC(=O)NC(CO)C(=O)NC(C(C)CC(=O)O)C(=O)NC(CC(=O)c2ccccc2N)C(=O)OC1C. The third kappa shape index (κ3) is 34.5. The average Bonchev–Trinajstić information content (AvgIpc) is 1.64. The number of amides is 14. The largest absolute Gasteiger partial charge is 0.481 e. The fourth-order valence-electron chi connectivity index (χ4n) is 12.3. The lowest BCUT2D eigenvalue weighted by atomic mass is 9.96. The van der Waals surface area contributed by atoms with Crippen molar-refractivity contribution in [3.63, 3.8) is 0 Å². The number of aliphatic hydroxyl groups is 2. The van der Waals surface area contributed by atoms with Gasteiger partial charge in [0.1, 0.15) is 72.6 Å². The summed E-state index contributed by atoms with van der Waals surface area (Å²) < 4.78 is 5.68. The fraction of sp³-hybridized carbons (Fsp3) is 0.547. The number of para-hydroxylation sites is 2. The molecule has 0 bridgehead atoms. The zero-order valence-electron chi connectivity index (χ0n) is 66.0. The van der Waals surface area contributed by atoms with E-state index in [1.165, 1.54) is 30.5 Å². The fourth-order valence-corrected chi connectivity index (χ4v) is 12.3. The summed E-state index contributed by atoms with van der Waals surface area (Å²) in [5, 5.41) is 89.4. The number of hydrogen-bond acceptors (Lipinski definition) is 25. The third-order valence-electron chi connectivity index (χ3n) is 18.7. The molecule has 44 nitrogen and oxygen atoms in total. The summed E-state index contributed by atoms with van der Waals surface area (Å²) >= 11 is 0. The van der Waals surface area contributed by atoms with Crippen molar-refractivity contribution < 1.29 is 131 Å². The zero-order chi connectivity index (χ0) is 88.8. The minimum atomic E-state index is -2.47. The first-order valence-corrected chi connectivity index (χ1v) is 38.4. The summed E-state index contributed by atoms with van der Waals surface area (Å²) in [5.74, 6) is -30.3. The number of esters is 1. The van der Waals surface area contributed by atoms with Crippen LogP contribution in [0.1, 0.15) is 159 Å². The van der Waals surface area contributed by atoms with Gasteiger partial charge < -0.3 is 127 Å². The molecule has 2 heterocycles. The maximum absolute atomic E-state index is 14.9. The van der Waals surface area contributed by atoms with E-state index in [0.717, 1.165) is 65.7 Å². The van der Waals surface area contributed by atoms with E-state index in [1.807, 2.05) is 16.0 Å². The minimum absolute atomic E-state index is 0.102. The second-order valence-electron chi connectivity index (χ2n) is 28.5. The van der Waals surface area contributed by atoms with Gasteiger partial charge >= 0.3 is 29.8 Å². The number of carboxylic acids is 4. The van der Waals surface area contributed by atoms with Gasteiger partial charge in [-0.1, -0.05) is 95.5 Å². The highest BCUT2D eigenvalue weighted by Crippen LogP contribution is 2.22. The van der Waals surface area contributed by atoms with Gasteiger partial charge in [0.05, 0.1) is 64.3 Å². The van der Waals surface area contributed by atoms with Crippen LogP contribution in [0.3, 0.4) is 0 Å². The Labute approximate surface area is 681 Å². The van der Waals surface area contributed by atoms with Crippen LogP contribution in [0.5, 0.6) is 0 Å². The highest BCUT2D eigenvalue weighted by molar-refractivity contribution is 6.05. The Morgan fingerprint density at radius 1 is 0.546 bits per heavy atom. The number of anilines is 1. The molecule has 0 saturated carbocycles. The lowest BCUT2D eigenvalue weighted by molar-refractivity contribution is -0.156. The number of Topliss-reactive ketones (excluding diaryl/α,β-unsaturated/α-hetero) is 1. The molecule has 14 amide bonds. The van der Waals surface area contributed by atoms with E-state index in [4.69, 9.17) is 21.9 Å². The summed E-state index contributed by atoms with van der Waals surface area (Å²) in [4.78, 5) is 277. The first-order valence-electron chi connectivity index (χ1n) is 38.4. The smallest absolute Gasteiger partial charge is 0.329 e. The number of fused-ring (bicyclic) bond motifs is 1. The van der Waals surface area contributed by atoms with Crippen LogP contribution in [0.2, 0.25) is 0 Å². The molecule has 0 aliphatic carbocycles. The molecular formula is C75H107N17O27. The predicted octanol–water partition coefficient (Wildman–Crippen LogP) is -5.48. The third-order valence-corrected chi connectivity index (χ3v) is 18.7. The topological polar surface area (TPSA) is 722 Å². The van der Waals surface area contributed by atoms with Crippen molar-refractivity contribution in [2.75, 3.05) is 32.0 Å². The van der Waals surface area contributed by atoms with Gasteiger partial charge in [0.2, 0.25) is 82.7 Å². The van der Waals surface area contributed by atoms with E-state index in [2.05, 4.69) is 65.1 Å². The number of carboxylic acid groups (broad SMARTS) is 4. The summed E-state index contributed by atoms with van der Waals surface area (Å²) in [7, 11) is 0. The first-order chi connectivity index (χ1) is 56.2. The highest BCUT2D eigenvalue weighted by Gasteiger charge is 2.41. The van der Waals surface area contributed by atoms with Crippen molar-refractivity contribution in [1.29, 1.82) is 0 Å². The van der Waals surface area contributed by atoms with Gasteiger partial charge in [-0.25, -0.2) is 4.79 Å². The molecule has 1 aliphatic rings. The van der Waals surface area contributed by atoms with Crippen LogP contribution in [-0.2, 0) is 102 Å². The van der Waals surface area contributed by atoms with Crippen molar-refractivity contribution in [3.8, 4) is 0 Å². The van der Waals surface area contributed by atoms with Crippen LogP contribution in [0.4, 0.5) is 5.69 Å². The number of H-pyrrole nitrogens is 1. The van der Waals surface area contributed by atoms with Crippen LogP contribution in [0.15, 0.2) is 54.7 Å². The minimum Gasteiger partial charge on any atom is -0.481 e. The number of aromatic amines is 1. The van der Waals surface area contributed by atoms with Gasteiger partial charge in [0.25, 0.3) is 0 Å². The molecule has 654 valence electrons. The van der Waals surface area contributed by atoms with E-state index in [9.17, 15) is 127 Å². The van der Waals surface area contributed by atoms with Crippen molar-refractivity contribution in [3.05, 3.63) is 65.9 Å². The molecule has 2 aromatic carbocycles. The highest BCUT2D eigenvalue weighted by atomic mass is 16.5. The number of nitrogen functional groups attached to an aromatic ring is 1. The number of benzene rings is 2. The molecule has 4 rings (SSSR count). The summed E-state index contributed by atoms with van der Waals surface area (Å²) in [6, 6.07) is -11.0. The summed E-state index contributed by atoms with van der Waals surface area (Å²) in [6.45, 7) is 1.10. The molecule has 0 radical (unpaired) electrons. The number of ketones is 1. The van der Waals surface area contributed by atoms with Crippen molar-refractivity contribution in [2.45, 2.75) is 228 Å². The molecule has 44 heteroatoms. The Morgan fingerprint density at radius 2 is 1.08 bits per heavy atom. The maximum atomic E-state index is 14.9. The summed E-state index contributed by atoms with van der Waals surface area (Å²) in [6.07, 6.45) is -2.32. The number of rotatable bonds is 38. The number of aliphatic hydroxyl groups excluding tert-OH is 2. The first kappa shape index (κ1) is 98.6. The van der Waals surface area contributed by atoms with Crippen LogP contribution in [-0.4, -0.2) is 259 Å². The van der Waals surface area contributed by atoms with E-state index < -0.39 is 274 Å². The predicted molar refractivity (Wildman–Crippen MR) is 416 cm³/mol. The van der Waals surface area contributed by atoms with E-state index >= 15 is 0 Å². The number of ether oxygens (including phenoxy) is 1. The van der Waals surface area contributed by atoms with Crippen LogP contribution in [0.25, 0.3) is 10.9 Å². The molecule has 1 aliphatic heterocycles. The number of carbonyl (C=O) groups is 20. The number of aromatic nitrogens is 1. The quantitative estimate of drug-likeness (QED) is 0.0110. The second-order valence-corrected chi connectivity index (χ2v) is 28.5. The van der Waals surface area contributed by atoms with E-state index in [1.54, 1.807) is 24.3 Å². The standard InChI is InChI=1S/C75H107N17O27/c1-5-6-7-8-9-10-11-12-18-41(94)27-56(97)84-47(26-40-33-79-45-22-16-14-19-42(40)45)69(112)87-48(29-55(78)96)70(113)89-51(32-62(106)107)71(114)92-64-39(4)119-75(118)52(28-54(95)43-20-13-15-21-44(43)77)90-74(117)63(37(2)25-59(100)101)91-72(115)53(36-93)85-58(99)34-80-66(109)49(30-60(102)103)86-65(108)38(3)82-68(111)50(31-61(104)105)88-67(110)46(23-17-24-76)83-57(98)35-81-73(64)116/h13-16,19-22,33,37-39,41,46-53,63-64,79,93-94H,5-12,17-18,23-32,34-36,76-77H2,1-4H3,(H2,78,96)(H,80,109)(H,81,116)(H,82,111)(H,83,98)(H,84,97)(H,85,99)(H,86,108)(H,87,112)(H,88,110)(H,89,113)(H,90,117)(H,91,115)(H,92,114)(H,100,101)(H,102,103)(H,104,105)(H,106,107). The lowest BCUT2D eigenvalue weighted by Crippen LogP contribution is -2.62. The molecule has 119 heavy (non-hydrogen) atoms. The number of carbonyl (C=O) groups excluding carboxylic acids is 16. The maximum Gasteiger partial charge on any atom is 0.329 e. The molecule has 14 unspecified atom stereocenters. The normalized spacial score (nSPS) is 21.2. The Hall–Kier alpha value is -12.7. The van der Waals surface area contributed by atoms with Gasteiger partial charge in [-0.05, 0) is 69.3 Å². The number of cyclic esters (lactones) is 1. The van der Waals surface area contributed by atoms with Gasteiger partial charge in [-0.15, -0.1) is 0 Å². The van der Waals surface area contributed by atoms with Crippen LogP contribution in [0, 0.1) is 5.92 Å². The molecule has 1 saturated heterocycles. The van der Waals surface area contributed by atoms with Gasteiger partial charge in [-0.2, -0.15) is 0 Å². The Kier molecular flexibility index (Phi) is 41.4. The van der Waals surface area contributed by atoms with Gasteiger partial charge in [-0.3, -0.25) is 91.1 Å². The second kappa shape index (κ2) is 50.0. The Balaban J connectivity index is 1.86. The van der Waals surface area contributed by atoms with Gasteiger partial charge in [0, 0.05) is 41.2 Å². The Morgan fingerprint density at radius 3 is 1.68 bits per heavy atom. The van der Waals surface area contributed by atoms with E-state index in [0.29, 0.717) is 22.9 Å². The van der Waals surface area contributed by atoms with E-state index in [-0.39, 0.29) is 37.1 Å². The molecule has 26 N–H and O–H groups in total. The molecule has 1 fully saturated rings. The number of nitrogens with two attached hydrogens (primary N) is 3. The zero-order valence-corrected chi connectivity index (χ0v) is 66.0. The number of hydrogen-bond donors (Lipinski definition) is 23. The Bertz CT molecular complexity index is 4140. The number of nitrogens with one attached hydrogen (secondary N) is 14.